The van der Waals surface area contributed by atoms with Crippen molar-refractivity contribution < 1.29 is 50.9 Å². The minimum absolute atomic E-state index is 0.0334. The van der Waals surface area contributed by atoms with Crippen LogP contribution in [-0.4, -0.2) is 104 Å². The van der Waals surface area contributed by atoms with E-state index in [2.05, 4.69) is 20.3 Å². The number of pyridine rings is 1. The number of ether oxygens (including phenoxy) is 4. The van der Waals surface area contributed by atoms with Gasteiger partial charge in [0.15, 0.2) is 0 Å². The topological polar surface area (TPSA) is 192 Å². The lowest BCUT2D eigenvalue weighted by molar-refractivity contribution is -0.142. The highest BCUT2D eigenvalue weighted by Crippen LogP contribution is 2.48. The Hall–Kier alpha value is -4.67. The van der Waals surface area contributed by atoms with E-state index >= 15 is 0 Å². The third-order valence-corrected chi connectivity index (χ3v) is 13.6. The summed E-state index contributed by atoms with van der Waals surface area (Å²) < 4.78 is 63.6. The van der Waals surface area contributed by atoms with Crippen LogP contribution in [0.25, 0.3) is 10.8 Å². The average molecular weight is 816 g/mol. The zero-order valence-electron chi connectivity index (χ0n) is 33.6. The summed E-state index contributed by atoms with van der Waals surface area (Å²) in [6.45, 7) is 7.82. The number of carbonyl (C=O) groups excluding carboxylic acids is 4. The van der Waals surface area contributed by atoms with E-state index < -0.39 is 80.5 Å². The highest BCUT2D eigenvalue weighted by atomic mass is 32.2. The van der Waals surface area contributed by atoms with Gasteiger partial charge in [0.25, 0.3) is 5.91 Å². The van der Waals surface area contributed by atoms with Gasteiger partial charge in [-0.25, -0.2) is 22.6 Å². The Kier molecular flexibility index (Phi) is 11.7. The average Bonchev–Trinajstić information content (AvgIpc) is 4.05. The van der Waals surface area contributed by atoms with Crippen LogP contribution < -0.4 is 29.6 Å². The first-order chi connectivity index (χ1) is 26.9. The van der Waals surface area contributed by atoms with Crippen molar-refractivity contribution in [3.63, 3.8) is 0 Å². The van der Waals surface area contributed by atoms with Gasteiger partial charge >= 0.3 is 6.09 Å². The summed E-state index contributed by atoms with van der Waals surface area (Å²) >= 11 is 0. The molecule has 1 aromatic heterocycles. The first-order valence-electron chi connectivity index (χ1n) is 19.4. The number of alkyl carbamates (subject to hydrolysis) is 1. The highest BCUT2D eigenvalue weighted by Gasteiger charge is 2.64. The molecule has 2 aromatic rings. The summed E-state index contributed by atoms with van der Waals surface area (Å²) in [5, 5.41) is 6.85. The number of benzene rings is 1. The Balaban J connectivity index is 1.36. The number of halogens is 1. The molecular formula is C40H54FN5O10S. The normalized spacial score (nSPS) is 29.4. The molecule has 3 heterocycles. The van der Waals surface area contributed by atoms with E-state index in [0.29, 0.717) is 35.1 Å². The number of allylic oxidation sites excluding steroid dienone is 1. The number of nitrogens with one attached hydrogen (secondary N) is 3. The third-order valence-electron chi connectivity index (χ3n) is 11.5. The molecule has 15 nitrogen and oxygen atoms in total. The van der Waals surface area contributed by atoms with E-state index in [1.807, 2.05) is 19.9 Å². The first kappa shape index (κ1) is 41.9. The van der Waals surface area contributed by atoms with Crippen molar-refractivity contribution in [2.75, 3.05) is 27.4 Å². The maximum Gasteiger partial charge on any atom is 0.408 e. The molecule has 312 valence electrons. The lowest BCUT2D eigenvalue weighted by Gasteiger charge is -2.33. The molecule has 7 atom stereocenters. The molecule has 1 saturated heterocycles. The van der Waals surface area contributed by atoms with Gasteiger partial charge in [0, 0.05) is 23.1 Å². The summed E-state index contributed by atoms with van der Waals surface area (Å²) in [4.78, 5) is 62.3. The second kappa shape index (κ2) is 15.9. The lowest BCUT2D eigenvalue weighted by atomic mass is 9.88. The van der Waals surface area contributed by atoms with Crippen LogP contribution >= 0.6 is 0 Å². The van der Waals surface area contributed by atoms with Gasteiger partial charge < -0.3 is 34.5 Å². The minimum atomic E-state index is -4.40. The van der Waals surface area contributed by atoms with Crippen molar-refractivity contribution >= 4 is 44.6 Å². The van der Waals surface area contributed by atoms with Gasteiger partial charge in [-0.15, -0.1) is 0 Å². The number of rotatable bonds is 9. The molecule has 2 aliphatic heterocycles. The number of nitrogens with zero attached hydrogens (tertiary/aromatic N) is 2. The minimum Gasteiger partial charge on any atom is -0.497 e. The van der Waals surface area contributed by atoms with E-state index in [-0.39, 0.29) is 49.9 Å². The second-order valence-corrected chi connectivity index (χ2v) is 19.1. The molecule has 17 heteroatoms. The number of alkyl halides is 1. The van der Waals surface area contributed by atoms with E-state index in [1.54, 1.807) is 52.2 Å². The molecule has 2 unspecified atom stereocenters. The molecular weight excluding hydrogens is 762 g/mol. The standard InChI is InChI=1S/C40H54FN5O10S/c1-23-10-8-9-11-25-19-40(25,36(49)45-57(51,52)39(22-41)14-15-39)44-33(47)30-18-27(55-34-28-13-12-26(53-6)17-29(28)31(54-7)20-42-34)21-46(30)35(48)32(24(2)16-23)43-37(50)56-38(3,4)5/h9,11-13,17,20,23-25,27,30,32H,8,10,14-16,18-19,21-22H2,1-7H3,(H,43,50)(H,44,47)(H,45,49)/b11-9-/t23-,24-,25?,27-,30+,32+,40?/m1/s1. The van der Waals surface area contributed by atoms with Gasteiger partial charge in [-0.05, 0) is 89.3 Å². The van der Waals surface area contributed by atoms with Crippen molar-refractivity contribution in [1.82, 2.24) is 25.2 Å². The van der Waals surface area contributed by atoms with E-state index in [4.69, 9.17) is 18.9 Å². The molecule has 0 spiro atoms. The van der Waals surface area contributed by atoms with Crippen molar-refractivity contribution in [2.24, 2.45) is 17.8 Å². The molecule has 4 aliphatic rings. The Bertz CT molecular complexity index is 2040. The van der Waals surface area contributed by atoms with Gasteiger partial charge in [-0.3, -0.25) is 19.1 Å². The maximum atomic E-state index is 14.8. The predicted molar refractivity (Wildman–Crippen MR) is 208 cm³/mol. The second-order valence-electron chi connectivity index (χ2n) is 17.0. The summed E-state index contributed by atoms with van der Waals surface area (Å²) in [5.74, 6) is -1.79. The smallest absolute Gasteiger partial charge is 0.408 e. The van der Waals surface area contributed by atoms with Crippen molar-refractivity contribution in [1.29, 1.82) is 0 Å². The largest absolute Gasteiger partial charge is 0.497 e. The molecule has 6 rings (SSSR count). The summed E-state index contributed by atoms with van der Waals surface area (Å²) in [7, 11) is -1.34. The summed E-state index contributed by atoms with van der Waals surface area (Å²) in [6, 6.07) is 2.97. The number of methoxy groups -OCH3 is 2. The number of hydrogen-bond acceptors (Lipinski definition) is 11. The Morgan fingerprint density at radius 3 is 2.47 bits per heavy atom. The molecule has 0 bridgehead atoms. The molecule has 2 saturated carbocycles. The number of aromatic nitrogens is 1. The van der Waals surface area contributed by atoms with Crippen LogP contribution in [0.2, 0.25) is 0 Å². The predicted octanol–water partition coefficient (Wildman–Crippen LogP) is 4.33. The van der Waals surface area contributed by atoms with Crippen molar-refractivity contribution in [3.8, 4) is 17.4 Å². The number of amides is 4. The fourth-order valence-corrected chi connectivity index (χ4v) is 9.32. The van der Waals surface area contributed by atoms with E-state index in [9.17, 15) is 32.0 Å². The highest BCUT2D eigenvalue weighted by molar-refractivity contribution is 7.91. The molecule has 4 amide bonds. The van der Waals surface area contributed by atoms with Gasteiger partial charge in [0.05, 0.1) is 27.0 Å². The summed E-state index contributed by atoms with van der Waals surface area (Å²) in [6.07, 6.45) is 5.74. The lowest BCUT2D eigenvalue weighted by Crippen LogP contribution is -2.59. The van der Waals surface area contributed by atoms with Crippen molar-refractivity contribution in [3.05, 3.63) is 36.5 Å². The molecule has 2 aliphatic carbocycles. The summed E-state index contributed by atoms with van der Waals surface area (Å²) in [5.41, 5.74) is -2.52. The number of carbonyl (C=O) groups is 4. The Morgan fingerprint density at radius 1 is 1.09 bits per heavy atom. The molecule has 1 aromatic carbocycles. The van der Waals surface area contributed by atoms with E-state index in [0.717, 1.165) is 6.42 Å². The van der Waals surface area contributed by atoms with Gasteiger partial charge in [0.2, 0.25) is 27.7 Å². The molecule has 0 radical (unpaired) electrons. The van der Waals surface area contributed by atoms with Gasteiger partial charge in [-0.1, -0.05) is 26.0 Å². The SMILES string of the molecule is COc1ccc2c(O[C@@H]3C[C@H]4C(=O)NC5(C(=O)NS(=O)(=O)C6(CF)CC6)CC5/C=C\CC[C@@H](C)C[C@@H](C)[C@H](NC(=O)OC(C)(C)C)C(=O)N4C3)ncc(OC)c2c1. The van der Waals surface area contributed by atoms with E-state index in [1.165, 1.54) is 18.2 Å². The number of hydrogen-bond donors (Lipinski definition) is 3. The Morgan fingerprint density at radius 2 is 1.82 bits per heavy atom. The van der Waals surface area contributed by atoms with Crippen LogP contribution in [0.3, 0.4) is 0 Å². The quantitative estimate of drug-likeness (QED) is 0.306. The van der Waals surface area contributed by atoms with Crippen LogP contribution in [-0.2, 0) is 29.1 Å². The fourth-order valence-electron chi connectivity index (χ4n) is 7.90. The van der Waals surface area contributed by atoms with Crippen LogP contribution in [0.5, 0.6) is 17.4 Å². The van der Waals surface area contributed by atoms with Crippen LogP contribution in [0.1, 0.15) is 79.6 Å². The van der Waals surface area contributed by atoms with Crippen LogP contribution in [0.4, 0.5) is 9.18 Å². The van der Waals surface area contributed by atoms with Crippen LogP contribution in [0.15, 0.2) is 36.5 Å². The monoisotopic (exact) mass is 815 g/mol. The number of fused-ring (bicyclic) bond motifs is 3. The number of sulfonamides is 1. The third kappa shape index (κ3) is 8.77. The molecule has 57 heavy (non-hydrogen) atoms. The zero-order chi connectivity index (χ0) is 41.5. The molecule has 3 fully saturated rings. The van der Waals surface area contributed by atoms with Crippen molar-refractivity contribution in [2.45, 2.75) is 114 Å². The fraction of sp³-hybridized carbons (Fsp3) is 0.625. The first-order valence-corrected chi connectivity index (χ1v) is 20.9. The van der Waals surface area contributed by atoms with Gasteiger partial charge in [-0.2, -0.15) is 0 Å². The maximum absolute atomic E-state index is 14.8. The molecule has 3 N–H and O–H groups in total. The zero-order valence-corrected chi connectivity index (χ0v) is 34.4. The van der Waals surface area contributed by atoms with Gasteiger partial charge in [0.1, 0.15) is 52.2 Å². The Labute approximate surface area is 332 Å². The van der Waals surface area contributed by atoms with Crippen LogP contribution in [0, 0.1) is 17.8 Å².